The van der Waals surface area contributed by atoms with Crippen molar-refractivity contribution < 1.29 is 19.2 Å². The molecular weight excluding hydrogens is 314 g/mol. The molecule has 1 aromatic rings. The molecule has 1 aliphatic carbocycles. The number of nitrogens with two attached hydrogens (primary N) is 1. The van der Waals surface area contributed by atoms with Crippen molar-refractivity contribution in [3.05, 3.63) is 16.0 Å². The van der Waals surface area contributed by atoms with E-state index in [9.17, 15) is 9.59 Å². The van der Waals surface area contributed by atoms with Crippen molar-refractivity contribution in [2.24, 2.45) is 5.73 Å². The maximum absolute atomic E-state index is 12.4. The SMILES string of the molecule is C[C@H]1C[NH+](CC(=O)Nc2sc3c(c2C(N)=O)CCC3)C[C@H](C)O1. The Morgan fingerprint density at radius 1 is 1.30 bits per heavy atom. The van der Waals surface area contributed by atoms with E-state index in [2.05, 4.69) is 5.32 Å². The second-order valence-electron chi connectivity index (χ2n) is 6.57. The quantitative estimate of drug-likeness (QED) is 0.720. The fraction of sp³-hybridized carbons (Fsp3) is 0.625. The number of aryl methyl sites for hydroxylation is 1. The second-order valence-corrected chi connectivity index (χ2v) is 7.67. The third-order valence-electron chi connectivity index (χ3n) is 4.45. The molecule has 0 radical (unpaired) electrons. The lowest BCUT2D eigenvalue weighted by molar-refractivity contribution is -0.907. The first kappa shape index (κ1) is 16.4. The van der Waals surface area contributed by atoms with Crippen molar-refractivity contribution in [3.8, 4) is 0 Å². The van der Waals surface area contributed by atoms with Crippen LogP contribution in [0.4, 0.5) is 5.00 Å². The van der Waals surface area contributed by atoms with Gasteiger partial charge in [-0.3, -0.25) is 9.59 Å². The first-order valence-corrected chi connectivity index (χ1v) is 8.99. The number of rotatable bonds is 4. The van der Waals surface area contributed by atoms with Gasteiger partial charge in [-0.05, 0) is 38.7 Å². The Bertz CT molecular complexity index is 618. The highest BCUT2D eigenvalue weighted by Gasteiger charge is 2.29. The molecule has 2 aliphatic rings. The van der Waals surface area contributed by atoms with Crippen LogP contribution >= 0.6 is 11.3 Å². The van der Waals surface area contributed by atoms with Crippen LogP contribution in [0.5, 0.6) is 0 Å². The van der Waals surface area contributed by atoms with E-state index >= 15 is 0 Å². The van der Waals surface area contributed by atoms with Gasteiger partial charge in [0.05, 0.1) is 5.56 Å². The standard InChI is InChI=1S/C16H23N3O3S/c1-9-6-19(7-10(2)22-9)8-13(20)18-16-14(15(17)21)11-4-3-5-12(11)23-16/h9-10H,3-8H2,1-2H3,(H2,17,21)(H,18,20)/p+1/t9-,10-/m0/s1. The fourth-order valence-corrected chi connectivity index (χ4v) is 5.00. The van der Waals surface area contributed by atoms with E-state index in [1.165, 1.54) is 21.1 Å². The summed E-state index contributed by atoms with van der Waals surface area (Å²) >= 11 is 1.50. The largest absolute Gasteiger partial charge is 0.365 e. The molecule has 2 heterocycles. The number of hydrogen-bond donors (Lipinski definition) is 3. The van der Waals surface area contributed by atoms with Gasteiger partial charge in [0.2, 0.25) is 0 Å². The van der Waals surface area contributed by atoms with Crippen molar-refractivity contribution in [1.29, 1.82) is 0 Å². The van der Waals surface area contributed by atoms with Gasteiger partial charge in [0.25, 0.3) is 11.8 Å². The summed E-state index contributed by atoms with van der Waals surface area (Å²) in [5.41, 5.74) is 7.09. The number of carbonyl (C=O) groups is 2. The number of hydrogen-bond acceptors (Lipinski definition) is 4. The van der Waals surface area contributed by atoms with Gasteiger partial charge in [0.15, 0.2) is 6.54 Å². The molecule has 6 nitrogen and oxygen atoms in total. The molecule has 0 bridgehead atoms. The molecule has 3 rings (SSSR count). The molecule has 1 saturated heterocycles. The normalized spacial score (nSPS) is 26.8. The van der Waals surface area contributed by atoms with Crippen LogP contribution in [-0.4, -0.2) is 43.7 Å². The van der Waals surface area contributed by atoms with Gasteiger partial charge in [0, 0.05) is 4.88 Å². The minimum absolute atomic E-state index is 0.0660. The van der Waals surface area contributed by atoms with E-state index in [-0.39, 0.29) is 18.1 Å². The molecule has 1 aromatic heterocycles. The average molecular weight is 338 g/mol. The van der Waals surface area contributed by atoms with Gasteiger partial charge in [0.1, 0.15) is 30.3 Å². The smallest absolute Gasteiger partial charge is 0.280 e. The molecule has 126 valence electrons. The molecule has 4 N–H and O–H groups in total. The molecule has 7 heteroatoms. The van der Waals surface area contributed by atoms with Crippen LogP contribution in [0.3, 0.4) is 0 Å². The van der Waals surface area contributed by atoms with E-state index in [4.69, 9.17) is 10.5 Å². The molecule has 1 aliphatic heterocycles. The topological polar surface area (TPSA) is 85.9 Å². The van der Waals surface area contributed by atoms with E-state index in [0.29, 0.717) is 17.1 Å². The van der Waals surface area contributed by atoms with Gasteiger partial charge < -0.3 is 20.7 Å². The van der Waals surface area contributed by atoms with Crippen LogP contribution in [0.1, 0.15) is 41.1 Å². The van der Waals surface area contributed by atoms with Gasteiger partial charge in [-0.15, -0.1) is 11.3 Å². The Labute approximate surface area is 140 Å². The van der Waals surface area contributed by atoms with Crippen LogP contribution in [0.2, 0.25) is 0 Å². The average Bonchev–Trinajstić information content (AvgIpc) is 2.96. The van der Waals surface area contributed by atoms with Crippen molar-refractivity contribution in [1.82, 2.24) is 0 Å². The van der Waals surface area contributed by atoms with Crippen LogP contribution in [0.25, 0.3) is 0 Å². The zero-order valence-corrected chi connectivity index (χ0v) is 14.4. The Morgan fingerprint density at radius 3 is 2.65 bits per heavy atom. The van der Waals surface area contributed by atoms with E-state index < -0.39 is 5.91 Å². The number of morpholine rings is 1. The fourth-order valence-electron chi connectivity index (χ4n) is 3.68. The summed E-state index contributed by atoms with van der Waals surface area (Å²) in [6.07, 6.45) is 3.23. The first-order chi connectivity index (χ1) is 10.9. The second kappa shape index (κ2) is 6.59. The molecular formula is C16H24N3O3S+. The van der Waals surface area contributed by atoms with Crippen LogP contribution < -0.4 is 16.0 Å². The number of amides is 2. The maximum Gasteiger partial charge on any atom is 0.280 e. The lowest BCUT2D eigenvalue weighted by atomic mass is 10.1. The van der Waals surface area contributed by atoms with Crippen molar-refractivity contribution >= 4 is 28.2 Å². The first-order valence-electron chi connectivity index (χ1n) is 8.17. The maximum atomic E-state index is 12.4. The number of carbonyl (C=O) groups excluding carboxylic acids is 2. The molecule has 0 saturated carbocycles. The van der Waals surface area contributed by atoms with Crippen molar-refractivity contribution in [2.45, 2.75) is 45.3 Å². The summed E-state index contributed by atoms with van der Waals surface area (Å²) in [4.78, 5) is 26.5. The lowest BCUT2D eigenvalue weighted by Crippen LogP contribution is -3.16. The van der Waals surface area contributed by atoms with Crippen molar-refractivity contribution in [2.75, 3.05) is 25.0 Å². The number of nitrogens with one attached hydrogen (secondary N) is 2. The number of fused-ring (bicyclic) bond motifs is 1. The zero-order chi connectivity index (χ0) is 16.6. The zero-order valence-electron chi connectivity index (χ0n) is 13.6. The van der Waals surface area contributed by atoms with Crippen LogP contribution in [0, 0.1) is 0 Å². The van der Waals surface area contributed by atoms with Gasteiger partial charge in [-0.2, -0.15) is 0 Å². The predicted octanol–water partition coefficient (Wildman–Crippen LogP) is -0.0337. The summed E-state index contributed by atoms with van der Waals surface area (Å²) < 4.78 is 5.70. The Hall–Kier alpha value is -1.44. The van der Waals surface area contributed by atoms with Gasteiger partial charge in [-0.1, -0.05) is 0 Å². The Morgan fingerprint density at radius 2 is 2.00 bits per heavy atom. The summed E-state index contributed by atoms with van der Waals surface area (Å²) in [5.74, 6) is -0.510. The van der Waals surface area contributed by atoms with E-state index in [1.807, 2.05) is 13.8 Å². The summed E-state index contributed by atoms with van der Waals surface area (Å²) in [7, 11) is 0. The van der Waals surface area contributed by atoms with Crippen LogP contribution in [-0.2, 0) is 22.4 Å². The third kappa shape index (κ3) is 3.57. The monoisotopic (exact) mass is 338 g/mol. The lowest BCUT2D eigenvalue weighted by Gasteiger charge is -2.31. The molecule has 0 unspecified atom stereocenters. The number of thiophene rings is 1. The molecule has 23 heavy (non-hydrogen) atoms. The summed E-state index contributed by atoms with van der Waals surface area (Å²) in [5, 5.41) is 3.54. The van der Waals surface area contributed by atoms with E-state index in [0.717, 1.165) is 37.9 Å². The molecule has 2 amide bonds. The number of anilines is 1. The molecule has 1 fully saturated rings. The summed E-state index contributed by atoms with van der Waals surface area (Å²) in [6, 6.07) is 0. The Balaban J connectivity index is 1.68. The van der Waals surface area contributed by atoms with Gasteiger partial charge in [-0.25, -0.2) is 0 Å². The predicted molar refractivity (Wildman–Crippen MR) is 89.1 cm³/mol. The van der Waals surface area contributed by atoms with Crippen molar-refractivity contribution in [3.63, 3.8) is 0 Å². The Kier molecular flexibility index (Phi) is 4.70. The number of primary amides is 1. The minimum Gasteiger partial charge on any atom is -0.365 e. The number of ether oxygens (including phenoxy) is 1. The molecule has 2 atom stereocenters. The summed E-state index contributed by atoms with van der Waals surface area (Å²) in [6.45, 7) is 6.09. The molecule has 0 aromatic carbocycles. The third-order valence-corrected chi connectivity index (χ3v) is 5.66. The van der Waals surface area contributed by atoms with E-state index in [1.54, 1.807) is 0 Å². The highest BCUT2D eigenvalue weighted by atomic mass is 32.1. The highest BCUT2D eigenvalue weighted by Crippen LogP contribution is 2.38. The van der Waals surface area contributed by atoms with Gasteiger partial charge >= 0.3 is 0 Å². The minimum atomic E-state index is -0.444. The number of quaternary nitrogens is 1. The highest BCUT2D eigenvalue weighted by molar-refractivity contribution is 7.17. The molecule has 0 spiro atoms. The van der Waals surface area contributed by atoms with Crippen LogP contribution in [0.15, 0.2) is 0 Å².